The third-order valence-corrected chi connectivity index (χ3v) is 2.94. The van der Waals surface area contributed by atoms with Crippen molar-refractivity contribution in [3.63, 3.8) is 0 Å². The highest BCUT2D eigenvalue weighted by atomic mass is 16.5. The van der Waals surface area contributed by atoms with Gasteiger partial charge in [0, 0.05) is 39.8 Å². The van der Waals surface area contributed by atoms with E-state index in [1.807, 2.05) is 12.4 Å². The zero-order valence-electron chi connectivity index (χ0n) is 11.8. The van der Waals surface area contributed by atoms with Crippen LogP contribution in [0.4, 0.5) is 5.95 Å². The van der Waals surface area contributed by atoms with E-state index in [4.69, 9.17) is 9.47 Å². The van der Waals surface area contributed by atoms with Gasteiger partial charge in [-0.15, -0.1) is 0 Å². The lowest BCUT2D eigenvalue weighted by Crippen LogP contribution is -2.22. The summed E-state index contributed by atoms with van der Waals surface area (Å²) in [6, 6.07) is 0.308. The number of hydrogen-bond donors (Lipinski definition) is 1. The van der Waals surface area contributed by atoms with E-state index in [0.717, 1.165) is 25.5 Å². The molecule has 0 radical (unpaired) electrons. The second kappa shape index (κ2) is 8.11. The van der Waals surface area contributed by atoms with Crippen LogP contribution in [0.1, 0.15) is 26.3 Å². The van der Waals surface area contributed by atoms with Gasteiger partial charge in [-0.05, 0) is 12.3 Å². The molecule has 1 heterocycles. The van der Waals surface area contributed by atoms with Crippen molar-refractivity contribution in [2.24, 2.45) is 5.92 Å². The maximum Gasteiger partial charge on any atom is 0.203 e. The Bertz CT molecular complexity index is 326. The van der Waals surface area contributed by atoms with E-state index in [0.29, 0.717) is 18.6 Å². The highest BCUT2D eigenvalue weighted by Crippen LogP contribution is 2.21. The van der Waals surface area contributed by atoms with E-state index >= 15 is 0 Å². The quantitative estimate of drug-likeness (QED) is 0.687. The smallest absolute Gasteiger partial charge is 0.203 e. The molecule has 18 heavy (non-hydrogen) atoms. The predicted molar refractivity (Wildman–Crippen MR) is 73.0 cm³/mol. The number of methoxy groups -OCH3 is 2. The molecule has 0 aliphatic rings. The summed E-state index contributed by atoms with van der Waals surface area (Å²) in [5.41, 5.74) is 0. The van der Waals surface area contributed by atoms with Gasteiger partial charge in [0.2, 0.25) is 5.95 Å². The number of nitrogens with one attached hydrogen (secondary N) is 1. The van der Waals surface area contributed by atoms with Crippen molar-refractivity contribution < 1.29 is 9.47 Å². The zero-order chi connectivity index (χ0) is 13.4. The first-order chi connectivity index (χ1) is 8.70. The van der Waals surface area contributed by atoms with Gasteiger partial charge >= 0.3 is 0 Å². The Morgan fingerprint density at radius 3 is 2.72 bits per heavy atom. The third kappa shape index (κ3) is 4.31. The highest BCUT2D eigenvalue weighted by molar-refractivity contribution is 5.26. The molecule has 5 nitrogen and oxygen atoms in total. The molecular formula is C13H25N3O2. The summed E-state index contributed by atoms with van der Waals surface area (Å²) < 4.78 is 12.5. The molecule has 0 bridgehead atoms. The highest BCUT2D eigenvalue weighted by Gasteiger charge is 2.17. The zero-order valence-corrected chi connectivity index (χ0v) is 11.8. The van der Waals surface area contributed by atoms with Gasteiger partial charge in [0.1, 0.15) is 0 Å². The third-order valence-electron chi connectivity index (χ3n) is 2.94. The van der Waals surface area contributed by atoms with E-state index in [-0.39, 0.29) is 0 Å². The van der Waals surface area contributed by atoms with E-state index in [2.05, 4.69) is 28.7 Å². The lowest BCUT2D eigenvalue weighted by Gasteiger charge is -2.23. The second-order valence-electron chi connectivity index (χ2n) is 4.70. The number of aromatic nitrogens is 2. The van der Waals surface area contributed by atoms with Gasteiger partial charge in [-0.25, -0.2) is 4.98 Å². The Morgan fingerprint density at radius 2 is 2.11 bits per heavy atom. The van der Waals surface area contributed by atoms with Crippen LogP contribution in [-0.4, -0.2) is 43.5 Å². The van der Waals surface area contributed by atoms with Gasteiger partial charge in [0.25, 0.3) is 0 Å². The number of ether oxygens (including phenoxy) is 2. The number of hydrogen-bond acceptors (Lipinski definition) is 4. The Morgan fingerprint density at radius 1 is 1.33 bits per heavy atom. The van der Waals surface area contributed by atoms with Gasteiger partial charge in [0.05, 0.1) is 12.6 Å². The fraction of sp³-hybridized carbons (Fsp3) is 0.769. The summed E-state index contributed by atoms with van der Waals surface area (Å²) in [6.07, 6.45) is 4.80. The molecule has 1 rings (SSSR count). The largest absolute Gasteiger partial charge is 0.385 e. The van der Waals surface area contributed by atoms with Crippen molar-refractivity contribution in [3.05, 3.63) is 12.4 Å². The molecule has 0 saturated carbocycles. The monoisotopic (exact) mass is 255 g/mol. The van der Waals surface area contributed by atoms with Crippen LogP contribution >= 0.6 is 0 Å². The number of anilines is 1. The van der Waals surface area contributed by atoms with Gasteiger partial charge < -0.3 is 19.4 Å². The molecule has 0 saturated heterocycles. The van der Waals surface area contributed by atoms with Crippen LogP contribution in [0.2, 0.25) is 0 Å². The van der Waals surface area contributed by atoms with Crippen molar-refractivity contribution in [2.45, 2.75) is 26.3 Å². The van der Waals surface area contributed by atoms with Crippen molar-refractivity contribution in [1.29, 1.82) is 0 Å². The first kappa shape index (κ1) is 15.0. The molecule has 0 aromatic carbocycles. The molecule has 1 aromatic rings. The Hall–Kier alpha value is -1.07. The molecule has 1 unspecified atom stereocenters. The molecule has 5 heteroatoms. The number of nitrogens with zero attached hydrogens (tertiary/aromatic N) is 2. The van der Waals surface area contributed by atoms with Crippen molar-refractivity contribution >= 4 is 5.95 Å². The summed E-state index contributed by atoms with van der Waals surface area (Å²) >= 11 is 0. The molecule has 1 atom stereocenters. The van der Waals surface area contributed by atoms with E-state index in [1.54, 1.807) is 14.2 Å². The molecule has 0 aliphatic carbocycles. The second-order valence-corrected chi connectivity index (χ2v) is 4.70. The molecule has 0 amide bonds. The minimum Gasteiger partial charge on any atom is -0.385 e. The Labute approximate surface area is 109 Å². The minimum absolute atomic E-state index is 0.308. The molecule has 0 fully saturated rings. The van der Waals surface area contributed by atoms with Crippen LogP contribution in [0.3, 0.4) is 0 Å². The maximum absolute atomic E-state index is 5.29. The van der Waals surface area contributed by atoms with E-state index < -0.39 is 0 Å². The number of rotatable bonds is 9. The van der Waals surface area contributed by atoms with Gasteiger partial charge in [-0.2, -0.15) is 0 Å². The number of imidazole rings is 1. The minimum atomic E-state index is 0.308. The maximum atomic E-state index is 5.29. The van der Waals surface area contributed by atoms with Crippen molar-refractivity contribution in [1.82, 2.24) is 9.55 Å². The average Bonchev–Trinajstić information content (AvgIpc) is 2.79. The molecule has 1 N–H and O–H groups in total. The summed E-state index contributed by atoms with van der Waals surface area (Å²) in [5, 5.41) is 3.34. The molecule has 1 aromatic heterocycles. The van der Waals surface area contributed by atoms with Gasteiger partial charge in [0.15, 0.2) is 0 Å². The van der Waals surface area contributed by atoms with Crippen LogP contribution in [-0.2, 0) is 9.47 Å². The molecule has 0 aliphatic heterocycles. The molecule has 0 spiro atoms. The van der Waals surface area contributed by atoms with Crippen LogP contribution in [0.25, 0.3) is 0 Å². The summed E-state index contributed by atoms with van der Waals surface area (Å²) in [6.45, 7) is 6.71. The van der Waals surface area contributed by atoms with Crippen molar-refractivity contribution in [3.8, 4) is 0 Å². The first-order valence-electron chi connectivity index (χ1n) is 6.45. The van der Waals surface area contributed by atoms with Crippen molar-refractivity contribution in [2.75, 3.05) is 39.3 Å². The van der Waals surface area contributed by atoms with E-state index in [9.17, 15) is 0 Å². The SMILES string of the molecule is COCCCNc1nccn1C(COC)C(C)C. The van der Waals surface area contributed by atoms with Crippen LogP contribution in [0.5, 0.6) is 0 Å². The fourth-order valence-corrected chi connectivity index (χ4v) is 1.90. The summed E-state index contributed by atoms with van der Waals surface area (Å²) in [5.74, 6) is 1.40. The predicted octanol–water partition coefficient (Wildman–Crippen LogP) is 2.17. The van der Waals surface area contributed by atoms with Gasteiger partial charge in [-0.3, -0.25) is 0 Å². The summed E-state index contributed by atoms with van der Waals surface area (Å²) in [4.78, 5) is 4.35. The lowest BCUT2D eigenvalue weighted by molar-refractivity contribution is 0.134. The Kier molecular flexibility index (Phi) is 6.75. The average molecular weight is 255 g/mol. The standard InChI is InChI=1S/C13H25N3O2/c1-11(2)12(10-18-4)16-8-7-15-13(16)14-6-5-9-17-3/h7-8,11-12H,5-6,9-10H2,1-4H3,(H,14,15). The molecule has 104 valence electrons. The normalized spacial score (nSPS) is 12.9. The van der Waals surface area contributed by atoms with Crippen LogP contribution in [0.15, 0.2) is 12.4 Å². The lowest BCUT2D eigenvalue weighted by atomic mass is 10.1. The topological polar surface area (TPSA) is 48.3 Å². The summed E-state index contributed by atoms with van der Waals surface area (Å²) in [7, 11) is 3.45. The fourth-order valence-electron chi connectivity index (χ4n) is 1.90. The van der Waals surface area contributed by atoms with Crippen LogP contribution < -0.4 is 5.32 Å². The molecular weight excluding hydrogens is 230 g/mol. The first-order valence-corrected chi connectivity index (χ1v) is 6.45. The Balaban J connectivity index is 2.61. The van der Waals surface area contributed by atoms with Crippen LogP contribution in [0, 0.1) is 5.92 Å². The van der Waals surface area contributed by atoms with E-state index in [1.165, 1.54) is 0 Å². The van der Waals surface area contributed by atoms with Gasteiger partial charge in [-0.1, -0.05) is 13.8 Å².